The lowest BCUT2D eigenvalue weighted by Crippen LogP contribution is -2.44. The summed E-state index contributed by atoms with van der Waals surface area (Å²) in [6.45, 7) is 19.2. The first-order valence-corrected chi connectivity index (χ1v) is 22.3. The molecule has 0 saturated carbocycles. The second-order valence-corrected chi connectivity index (χ2v) is 22.5. The first-order chi connectivity index (χ1) is 25.2. The van der Waals surface area contributed by atoms with Crippen molar-refractivity contribution in [3.05, 3.63) is 76.9 Å². The van der Waals surface area contributed by atoms with E-state index in [1.54, 1.807) is 33.0 Å². The topological polar surface area (TPSA) is 162 Å². The zero-order valence-corrected chi connectivity index (χ0v) is 33.9. The molecule has 14 nitrogen and oxygen atoms in total. The first-order valence-electron chi connectivity index (χ1n) is 18.0. The molecule has 1 N–H and O–H groups in total. The van der Waals surface area contributed by atoms with Gasteiger partial charge in [-0.15, -0.1) is 0 Å². The number of aromatic nitrogens is 3. The summed E-state index contributed by atoms with van der Waals surface area (Å²) in [7, 11) is -6.31. The van der Waals surface area contributed by atoms with E-state index in [1.165, 1.54) is 39.9 Å². The third kappa shape index (κ3) is 9.42. The lowest BCUT2D eigenvalue weighted by Gasteiger charge is -2.37. The molecule has 0 radical (unpaired) electrons. The molecule has 2 aromatic heterocycles. The molecule has 3 heterocycles. The summed E-state index contributed by atoms with van der Waals surface area (Å²) in [4.78, 5) is 32.6. The third-order valence-electron chi connectivity index (χ3n) is 9.94. The zero-order chi connectivity index (χ0) is 39.6. The van der Waals surface area contributed by atoms with Crippen molar-refractivity contribution in [3.8, 4) is 11.1 Å². The number of fused-ring (bicyclic) bond motifs is 1. The Morgan fingerprint density at radius 1 is 1.11 bits per heavy atom. The average molecular weight is 784 g/mol. The van der Waals surface area contributed by atoms with Gasteiger partial charge in [0.25, 0.3) is 15.7 Å². The molecule has 0 aliphatic carbocycles. The van der Waals surface area contributed by atoms with E-state index in [0.29, 0.717) is 19.6 Å². The number of likely N-dealkylation sites (tertiary alicyclic amines) is 1. The molecule has 1 saturated heterocycles. The van der Waals surface area contributed by atoms with E-state index in [1.807, 2.05) is 0 Å². The summed E-state index contributed by atoms with van der Waals surface area (Å²) in [5.74, 6) is -0.411. The number of rotatable bonds is 13. The Balaban J connectivity index is 1.41. The smallest absolute Gasteiger partial charge is 0.416 e. The predicted molar refractivity (Wildman–Crippen MR) is 208 cm³/mol. The Kier molecular flexibility index (Phi) is 11.9. The molecule has 5 rings (SSSR count). The molecule has 1 atom stereocenters. The minimum absolute atomic E-state index is 0.0252. The minimum Gasteiger partial charge on any atom is -0.443 e. The summed E-state index contributed by atoms with van der Waals surface area (Å²) in [6, 6.07) is 10.4. The van der Waals surface area contributed by atoms with Crippen LogP contribution in [0, 0.1) is 15.9 Å². The van der Waals surface area contributed by atoms with Gasteiger partial charge < -0.3 is 9.16 Å². The molecule has 17 heteroatoms. The fourth-order valence-electron chi connectivity index (χ4n) is 6.09. The van der Waals surface area contributed by atoms with Crippen molar-refractivity contribution in [2.45, 2.75) is 95.5 Å². The number of carbonyl (C=O) groups excluding carboxylic acids is 1. The van der Waals surface area contributed by atoms with Crippen LogP contribution in [0.25, 0.3) is 16.8 Å². The van der Waals surface area contributed by atoms with Crippen LogP contribution in [0.2, 0.25) is 18.1 Å². The van der Waals surface area contributed by atoms with Crippen molar-refractivity contribution >= 4 is 47.3 Å². The van der Waals surface area contributed by atoms with Crippen LogP contribution >= 0.6 is 0 Å². The highest BCUT2D eigenvalue weighted by molar-refractivity contribution is 7.92. The summed E-state index contributed by atoms with van der Waals surface area (Å²) >= 11 is 0. The first kappa shape index (κ1) is 40.7. The number of halogens is 1. The van der Waals surface area contributed by atoms with Crippen molar-refractivity contribution in [3.63, 3.8) is 0 Å². The Bertz CT molecular complexity index is 2120. The van der Waals surface area contributed by atoms with Gasteiger partial charge in [0.15, 0.2) is 18.9 Å². The molecule has 292 valence electrons. The molecule has 1 aliphatic rings. The van der Waals surface area contributed by atoms with Gasteiger partial charge in [0.2, 0.25) is 0 Å². The van der Waals surface area contributed by atoms with Gasteiger partial charge in [0.1, 0.15) is 17.2 Å². The van der Waals surface area contributed by atoms with Gasteiger partial charge in [0, 0.05) is 54.8 Å². The maximum absolute atomic E-state index is 15.5. The summed E-state index contributed by atoms with van der Waals surface area (Å²) < 4.78 is 57.9. The standard InChI is InChI=1S/C37H50FN7O7SSi/c1-36(2,3)52-35(46)43(20-17-27-12-11-19-42(27)22-23-51-54(7,8)37(4,5)6)33-18-21-44-34(40-33)29(25-39-44)28-24-26(15-16-30(28)38)41-53(49,50)32-14-10-9-13-31(32)45(47)48/h9-10,13-16,18,21,24-25,27,41H,11-12,17,19-20,22-23H2,1-8H3. The van der Waals surface area contributed by atoms with Gasteiger partial charge in [-0.3, -0.25) is 24.6 Å². The van der Waals surface area contributed by atoms with Crippen LogP contribution < -0.4 is 9.62 Å². The van der Waals surface area contributed by atoms with Crippen molar-refractivity contribution in [2.75, 3.05) is 35.9 Å². The Morgan fingerprint density at radius 2 is 1.83 bits per heavy atom. The van der Waals surface area contributed by atoms with Crippen LogP contribution in [0.5, 0.6) is 0 Å². The van der Waals surface area contributed by atoms with E-state index in [9.17, 15) is 23.3 Å². The quantitative estimate of drug-likeness (QED) is 0.0803. The van der Waals surface area contributed by atoms with Crippen molar-refractivity contribution in [2.24, 2.45) is 0 Å². The van der Waals surface area contributed by atoms with Gasteiger partial charge in [-0.25, -0.2) is 27.1 Å². The molecule has 1 unspecified atom stereocenters. The third-order valence-corrected chi connectivity index (χ3v) is 15.9. The molecule has 4 aromatic rings. The molecule has 1 amide bonds. The van der Waals surface area contributed by atoms with Crippen LogP contribution in [-0.2, 0) is 19.2 Å². The second-order valence-electron chi connectivity index (χ2n) is 16.0. The molecule has 0 spiro atoms. The van der Waals surface area contributed by atoms with Gasteiger partial charge >= 0.3 is 6.09 Å². The fraction of sp³-hybridized carbons (Fsp3) is 0.486. The van der Waals surface area contributed by atoms with E-state index in [0.717, 1.165) is 44.1 Å². The van der Waals surface area contributed by atoms with Crippen molar-refractivity contribution in [1.29, 1.82) is 0 Å². The van der Waals surface area contributed by atoms with Crippen LogP contribution in [0.3, 0.4) is 0 Å². The van der Waals surface area contributed by atoms with Gasteiger partial charge in [-0.2, -0.15) is 5.10 Å². The van der Waals surface area contributed by atoms with E-state index in [2.05, 4.69) is 48.6 Å². The van der Waals surface area contributed by atoms with Crippen LogP contribution in [0.4, 0.5) is 26.4 Å². The maximum Gasteiger partial charge on any atom is 0.416 e. The number of hydrogen-bond acceptors (Lipinski definition) is 10. The van der Waals surface area contributed by atoms with Crippen molar-refractivity contribution < 1.29 is 31.7 Å². The number of hydrogen-bond donors (Lipinski definition) is 1. The van der Waals surface area contributed by atoms with Crippen LogP contribution in [0.1, 0.15) is 60.8 Å². The van der Waals surface area contributed by atoms with E-state index >= 15 is 4.39 Å². The molecule has 54 heavy (non-hydrogen) atoms. The summed E-state index contributed by atoms with van der Waals surface area (Å²) in [5.41, 5.74) is -0.997. The van der Waals surface area contributed by atoms with E-state index < -0.39 is 51.4 Å². The zero-order valence-electron chi connectivity index (χ0n) is 32.1. The number of nitrogens with zero attached hydrogens (tertiary/aromatic N) is 6. The fourth-order valence-corrected chi connectivity index (χ4v) is 8.34. The normalized spacial score (nSPS) is 15.8. The molecular weight excluding hydrogens is 734 g/mol. The monoisotopic (exact) mass is 783 g/mol. The average Bonchev–Trinajstić information content (AvgIpc) is 3.71. The minimum atomic E-state index is -4.43. The summed E-state index contributed by atoms with van der Waals surface area (Å²) in [6.07, 6.45) is 5.11. The summed E-state index contributed by atoms with van der Waals surface area (Å²) in [5, 5.41) is 16.0. The van der Waals surface area contributed by atoms with Gasteiger partial charge in [0.05, 0.1) is 11.1 Å². The molecule has 1 fully saturated rings. The number of carbonyl (C=O) groups is 1. The van der Waals surface area contributed by atoms with E-state index in [4.69, 9.17) is 14.1 Å². The SMILES string of the molecule is CC(C)(C)OC(=O)N(CCC1CCCN1CCO[Si](C)(C)C(C)(C)C)c1ccn2ncc(-c3cc(NS(=O)(=O)c4ccccc4[N+](=O)[O-])ccc3F)c2n1. The number of nitro groups is 1. The lowest BCUT2D eigenvalue weighted by atomic mass is 10.1. The number of para-hydroxylation sites is 1. The lowest BCUT2D eigenvalue weighted by molar-refractivity contribution is -0.387. The number of amides is 1. The number of nitro benzene ring substituents is 1. The van der Waals surface area contributed by atoms with Gasteiger partial charge in [-0.1, -0.05) is 32.9 Å². The predicted octanol–water partition coefficient (Wildman–Crippen LogP) is 7.86. The Morgan fingerprint density at radius 3 is 2.52 bits per heavy atom. The van der Waals surface area contributed by atoms with Crippen LogP contribution in [-0.4, -0.2) is 85.1 Å². The molecule has 0 bridgehead atoms. The highest BCUT2D eigenvalue weighted by atomic mass is 32.2. The number of benzene rings is 2. The molecule has 2 aromatic carbocycles. The second kappa shape index (κ2) is 15.7. The molecule has 1 aliphatic heterocycles. The number of anilines is 2. The number of ether oxygens (including phenoxy) is 1. The number of nitrogens with one attached hydrogen (secondary N) is 1. The Labute approximate surface area is 317 Å². The highest BCUT2D eigenvalue weighted by Crippen LogP contribution is 2.37. The van der Waals surface area contributed by atoms with E-state index in [-0.39, 0.29) is 39.4 Å². The largest absolute Gasteiger partial charge is 0.443 e. The molecular formula is C37H50FN7O7SSi. The number of sulfonamides is 1. The Hall–Kier alpha value is -4.45. The van der Waals surface area contributed by atoms with Crippen molar-refractivity contribution in [1.82, 2.24) is 19.5 Å². The van der Waals surface area contributed by atoms with Gasteiger partial charge in [-0.05, 0) is 95.0 Å². The maximum atomic E-state index is 15.5. The highest BCUT2D eigenvalue weighted by Gasteiger charge is 2.37. The van der Waals surface area contributed by atoms with Crippen LogP contribution in [0.15, 0.2) is 65.8 Å².